The zero-order valence-electron chi connectivity index (χ0n) is 60.6. The lowest BCUT2D eigenvalue weighted by atomic mass is 9.97. The molecule has 0 saturated carbocycles. The maximum Gasteiger partial charge on any atom is 0.298 e. The molecule has 0 radical (unpaired) electrons. The third-order valence-electron chi connectivity index (χ3n) is 19.5. The number of pyridine rings is 3. The molecule has 12 heterocycles. The van der Waals surface area contributed by atoms with E-state index in [0.29, 0.717) is 66.9 Å². The van der Waals surface area contributed by atoms with Gasteiger partial charge >= 0.3 is 0 Å². The molecule has 3 aromatic carbocycles. The van der Waals surface area contributed by atoms with Gasteiger partial charge in [0.2, 0.25) is 11.8 Å². The van der Waals surface area contributed by atoms with Crippen LogP contribution < -0.4 is 16.0 Å². The Labute approximate surface area is 618 Å². The van der Waals surface area contributed by atoms with Gasteiger partial charge in [0.15, 0.2) is 0 Å². The molecule has 9 aromatic heterocycles. The predicted octanol–water partition coefficient (Wildman–Crippen LogP) is 12.7. The van der Waals surface area contributed by atoms with E-state index < -0.39 is 0 Å². The topological polar surface area (TPSA) is 277 Å². The average molecular weight is 1430 g/mol. The molecular formula is C83H80N18O6. The fraction of sp³-hybridized carbons (Fsp3) is 0.241. The molecular weight excluding hydrogens is 1350 g/mol. The summed E-state index contributed by atoms with van der Waals surface area (Å²) >= 11 is 0. The molecule has 107 heavy (non-hydrogen) atoms. The molecule has 3 atom stereocenters. The van der Waals surface area contributed by atoms with Crippen LogP contribution in [0.3, 0.4) is 0 Å². The fourth-order valence-electron chi connectivity index (χ4n) is 14.1. The first-order valence-electron chi connectivity index (χ1n) is 35.4. The molecule has 24 heteroatoms. The second kappa shape index (κ2) is 31.8. The van der Waals surface area contributed by atoms with Crippen LogP contribution in [0.1, 0.15) is 133 Å². The van der Waals surface area contributed by atoms with Crippen LogP contribution in [0.4, 0.5) is 17.5 Å². The number of carbonyl (C=O) groups is 6. The number of hydrogen-bond donors (Lipinski definition) is 3. The number of piperidine rings is 1. The SMILES string of the molecule is C=CC(=O)N1CCC[C@@H](c2nc(-c3ccc(C(=O)Nc4ccccn4)cc3)c3c(C)ncc(C)n23)C1.C=CC(=O)N1CC[C@@H](c2nc(-c3ccc(C(=O)Nc4ccccn4)cc3)c3c(C)ncc(C)n23)C1.CC#CC(=O)N1CC[C@@H](c2nc(-c3ccc(C(=O)Nc4ccccn4)cc3)c3c(C)ncc(C)n23)C1. The summed E-state index contributed by atoms with van der Waals surface area (Å²) in [6, 6.07) is 38.3. The minimum absolute atomic E-state index is 0.0464. The number of likely N-dealkylation sites (tertiary alicyclic amines) is 3. The van der Waals surface area contributed by atoms with E-state index in [9.17, 15) is 28.8 Å². The van der Waals surface area contributed by atoms with Gasteiger partial charge < -0.3 is 30.7 Å². The van der Waals surface area contributed by atoms with Crippen molar-refractivity contribution in [3.8, 4) is 45.6 Å². The second-order valence-electron chi connectivity index (χ2n) is 26.6. The number of nitrogens with one attached hydrogen (secondary N) is 3. The summed E-state index contributed by atoms with van der Waals surface area (Å²) < 4.78 is 6.49. The Bertz CT molecular complexity index is 5450. The number of benzene rings is 3. The van der Waals surface area contributed by atoms with Crippen LogP contribution in [0.2, 0.25) is 0 Å². The standard InChI is InChI=1S/C28H28N6O2.C28H26N6O2.C27H26N6O2/c1-4-24(35)33-15-7-8-22(17-33)27-32-25(26-19(3)30-16-18(2)34(26)27)20-10-12-21(13-11-20)28(36)31-23-9-5-6-14-29-23;1-4-7-24(35)33-15-13-22(17-33)27-32-25(26-19(3)30-16-18(2)34(26)27)20-9-11-21(12-10-20)28(36)31-23-8-5-6-14-29-23;1-4-23(34)32-14-12-21(16-32)26-31-24(25-18(3)29-15-17(2)33(25)26)19-8-10-20(11-9-19)27(35)30-22-7-5-6-13-28-22/h4-6,9-14,16,22H,1,7-8,15,17H2,2-3H3,(H,29,31,36);5-6,8-12,14,16,22H,13,15,17H2,1-3H3,(H,29,31,36);4-11,13,15,21H,1,12,14,16H2,2-3H3,(H,28,30,35)/t2*22-;21-/m111/s1. The molecule has 0 bridgehead atoms. The number of fused-ring (bicyclic) bond motifs is 3. The summed E-state index contributed by atoms with van der Waals surface area (Å²) in [7, 11) is 0. The molecule has 3 N–H and O–H groups in total. The Morgan fingerprint density at radius 1 is 0.421 bits per heavy atom. The van der Waals surface area contributed by atoms with E-state index in [1.165, 1.54) is 12.2 Å². The zero-order valence-corrected chi connectivity index (χ0v) is 60.6. The van der Waals surface area contributed by atoms with Gasteiger partial charge in [-0.25, -0.2) is 29.9 Å². The first kappa shape index (κ1) is 72.2. The molecule has 0 unspecified atom stereocenters. The Hall–Kier alpha value is -13.2. The number of amides is 6. The molecule has 15 rings (SSSR count). The highest BCUT2D eigenvalue weighted by Gasteiger charge is 2.34. The van der Waals surface area contributed by atoms with Crippen LogP contribution in [0.5, 0.6) is 0 Å². The van der Waals surface area contributed by atoms with Crippen molar-refractivity contribution < 1.29 is 28.8 Å². The van der Waals surface area contributed by atoms with E-state index in [4.69, 9.17) is 15.0 Å². The minimum Gasteiger partial charge on any atom is -0.338 e. The maximum absolute atomic E-state index is 12.7. The molecule has 3 saturated heterocycles. The predicted molar refractivity (Wildman–Crippen MR) is 411 cm³/mol. The number of hydrogen-bond acceptors (Lipinski definition) is 15. The van der Waals surface area contributed by atoms with E-state index in [2.05, 4.69) is 84.1 Å². The Morgan fingerprint density at radius 3 is 1.07 bits per heavy atom. The summed E-state index contributed by atoms with van der Waals surface area (Å²) in [6.45, 7) is 24.8. The molecule has 24 nitrogen and oxygen atoms in total. The molecule has 0 spiro atoms. The Morgan fingerprint density at radius 2 is 0.748 bits per heavy atom. The first-order valence-corrected chi connectivity index (χ1v) is 35.4. The van der Waals surface area contributed by atoms with Crippen LogP contribution in [0.25, 0.3) is 50.3 Å². The monoisotopic (exact) mass is 1420 g/mol. The number of nitrogens with zero attached hydrogens (tertiary/aromatic N) is 15. The van der Waals surface area contributed by atoms with Crippen molar-refractivity contribution in [1.82, 2.24) is 72.8 Å². The van der Waals surface area contributed by atoms with Gasteiger partial charge in [0, 0.05) is 145 Å². The number of carbonyl (C=O) groups excluding carboxylic acids is 6. The fourth-order valence-corrected chi connectivity index (χ4v) is 14.1. The molecule has 3 aliphatic heterocycles. The van der Waals surface area contributed by atoms with E-state index >= 15 is 0 Å². The highest BCUT2D eigenvalue weighted by molar-refractivity contribution is 6.06. The van der Waals surface area contributed by atoms with Gasteiger partial charge in [-0.05, 0) is 165 Å². The van der Waals surface area contributed by atoms with E-state index in [0.717, 1.165) is 134 Å². The van der Waals surface area contributed by atoms with Gasteiger partial charge in [-0.1, -0.05) is 73.7 Å². The van der Waals surface area contributed by atoms with Crippen LogP contribution in [-0.4, -0.2) is 147 Å². The van der Waals surface area contributed by atoms with Crippen molar-refractivity contribution in [2.24, 2.45) is 0 Å². The number of imidazole rings is 3. The van der Waals surface area contributed by atoms with Gasteiger partial charge in [-0.15, -0.1) is 0 Å². The number of anilines is 3. The third kappa shape index (κ3) is 15.4. The van der Waals surface area contributed by atoms with Crippen LogP contribution in [0.15, 0.2) is 190 Å². The third-order valence-corrected chi connectivity index (χ3v) is 19.5. The van der Waals surface area contributed by atoms with Crippen molar-refractivity contribution in [3.05, 3.63) is 258 Å². The van der Waals surface area contributed by atoms with Crippen molar-refractivity contribution >= 4 is 69.4 Å². The number of aryl methyl sites for hydroxylation is 6. The normalized spacial score (nSPS) is 15.3. The number of aromatic nitrogens is 12. The summed E-state index contributed by atoms with van der Waals surface area (Å²) in [5.74, 6) is 9.02. The Balaban J connectivity index is 0.000000142. The van der Waals surface area contributed by atoms with E-state index in [-0.39, 0.29) is 53.2 Å². The van der Waals surface area contributed by atoms with Gasteiger partial charge in [0.05, 0.1) is 50.7 Å². The molecule has 3 aliphatic rings. The van der Waals surface area contributed by atoms with Gasteiger partial charge in [-0.3, -0.25) is 56.9 Å². The second-order valence-corrected chi connectivity index (χ2v) is 26.6. The lowest BCUT2D eigenvalue weighted by Crippen LogP contribution is -2.38. The first-order chi connectivity index (χ1) is 51.9. The summed E-state index contributed by atoms with van der Waals surface area (Å²) in [6.07, 6.45) is 16.7. The van der Waals surface area contributed by atoms with E-state index in [1.807, 2.05) is 125 Å². The van der Waals surface area contributed by atoms with Crippen molar-refractivity contribution in [2.45, 2.75) is 91.9 Å². The quantitative estimate of drug-likeness (QED) is 0.0674. The average Bonchev–Trinajstić information content (AvgIpc) is 1.61. The highest BCUT2D eigenvalue weighted by atomic mass is 16.2. The van der Waals surface area contributed by atoms with Crippen molar-refractivity contribution in [2.75, 3.05) is 55.2 Å². The largest absolute Gasteiger partial charge is 0.338 e. The van der Waals surface area contributed by atoms with Crippen molar-refractivity contribution in [1.29, 1.82) is 0 Å². The zero-order chi connectivity index (χ0) is 75.0. The number of rotatable bonds is 14. The summed E-state index contributed by atoms with van der Waals surface area (Å²) in [4.78, 5) is 122. The van der Waals surface area contributed by atoms with Gasteiger partial charge in [0.1, 0.15) is 34.9 Å². The smallest absolute Gasteiger partial charge is 0.298 e. The summed E-state index contributed by atoms with van der Waals surface area (Å²) in [5, 5.41) is 8.42. The Kier molecular flexibility index (Phi) is 21.5. The van der Waals surface area contributed by atoms with Crippen LogP contribution in [-0.2, 0) is 14.4 Å². The molecule has 3 fully saturated rings. The molecule has 12 aromatic rings. The lowest BCUT2D eigenvalue weighted by Gasteiger charge is -2.31. The highest BCUT2D eigenvalue weighted by Crippen LogP contribution is 2.38. The molecule has 6 amide bonds. The minimum atomic E-state index is -0.227. The van der Waals surface area contributed by atoms with Gasteiger partial charge in [-0.2, -0.15) is 0 Å². The van der Waals surface area contributed by atoms with Crippen molar-refractivity contribution in [3.63, 3.8) is 0 Å². The summed E-state index contributed by atoms with van der Waals surface area (Å²) in [5.41, 5.74) is 15.1. The van der Waals surface area contributed by atoms with Crippen LogP contribution in [0, 0.1) is 53.4 Å². The lowest BCUT2D eigenvalue weighted by molar-refractivity contribution is -0.127. The van der Waals surface area contributed by atoms with Gasteiger partial charge in [0.25, 0.3) is 23.6 Å². The van der Waals surface area contributed by atoms with Crippen LogP contribution >= 0.6 is 0 Å². The molecule has 538 valence electrons. The maximum atomic E-state index is 12.7. The molecule has 0 aliphatic carbocycles. The van der Waals surface area contributed by atoms with E-state index in [1.54, 1.807) is 103 Å².